The minimum Gasteiger partial charge on any atom is -0.497 e. The highest BCUT2D eigenvalue weighted by Crippen LogP contribution is 2.40. The maximum absolute atomic E-state index is 13.4. The fourth-order valence-electron chi connectivity index (χ4n) is 4.05. The lowest BCUT2D eigenvalue weighted by Crippen LogP contribution is -2.40. The summed E-state index contributed by atoms with van der Waals surface area (Å²) >= 11 is 1.74. The Morgan fingerprint density at radius 3 is 2.65 bits per heavy atom. The topological polar surface area (TPSA) is 29.5 Å². The lowest BCUT2D eigenvalue weighted by atomic mass is 10.00. The van der Waals surface area contributed by atoms with E-state index in [2.05, 4.69) is 41.3 Å². The molecule has 4 rings (SSSR count). The third-order valence-corrected chi connectivity index (χ3v) is 6.76. The van der Waals surface area contributed by atoms with Crippen molar-refractivity contribution in [1.29, 1.82) is 0 Å². The van der Waals surface area contributed by atoms with E-state index >= 15 is 0 Å². The van der Waals surface area contributed by atoms with Crippen LogP contribution in [0.2, 0.25) is 0 Å². The van der Waals surface area contributed by atoms with Gasteiger partial charge in [-0.2, -0.15) is 0 Å². The first-order valence-corrected chi connectivity index (χ1v) is 10.3. The Kier molecular flexibility index (Phi) is 5.21. The summed E-state index contributed by atoms with van der Waals surface area (Å²) in [6.45, 7) is 0.864. The van der Waals surface area contributed by atoms with Gasteiger partial charge in [-0.3, -0.25) is 4.79 Å². The Hall–Kier alpha value is -1.94. The van der Waals surface area contributed by atoms with Gasteiger partial charge in [0.25, 0.3) is 0 Å². The first kappa shape index (κ1) is 17.5. The summed E-state index contributed by atoms with van der Waals surface area (Å²) in [5.41, 5.74) is 2.54. The van der Waals surface area contributed by atoms with Gasteiger partial charge in [0.05, 0.1) is 18.4 Å². The standard InChI is InChI=1S/C22H25NO2S/c1-25-18-12-10-16(11-13-18)19-8-3-2-6-14-23(19)22(24)21-15-17-7-4-5-9-20(17)26-21/h4-5,7,9-13,19,21H,2-3,6,8,14-15H2,1H3/t19-,21-/m1/s1. The number of nitrogens with zero attached hydrogens (tertiary/aromatic N) is 1. The molecule has 2 aromatic carbocycles. The van der Waals surface area contributed by atoms with Crippen LogP contribution in [0.4, 0.5) is 0 Å². The molecule has 0 bridgehead atoms. The van der Waals surface area contributed by atoms with Crippen molar-refractivity contribution in [3.05, 3.63) is 59.7 Å². The zero-order valence-electron chi connectivity index (χ0n) is 15.2. The zero-order valence-corrected chi connectivity index (χ0v) is 16.0. The number of fused-ring (bicyclic) bond motifs is 1. The monoisotopic (exact) mass is 367 g/mol. The molecule has 26 heavy (non-hydrogen) atoms. The van der Waals surface area contributed by atoms with Gasteiger partial charge in [-0.15, -0.1) is 11.8 Å². The Bertz CT molecular complexity index is 749. The highest BCUT2D eigenvalue weighted by atomic mass is 32.2. The fourth-order valence-corrected chi connectivity index (χ4v) is 5.32. The van der Waals surface area contributed by atoms with Crippen LogP contribution >= 0.6 is 11.8 Å². The number of benzene rings is 2. The number of hydrogen-bond donors (Lipinski definition) is 0. The number of carbonyl (C=O) groups is 1. The van der Waals surface area contributed by atoms with Crippen LogP contribution in [0.15, 0.2) is 53.4 Å². The number of hydrogen-bond acceptors (Lipinski definition) is 3. The molecular formula is C22H25NO2S. The Morgan fingerprint density at radius 2 is 1.88 bits per heavy atom. The van der Waals surface area contributed by atoms with Crippen LogP contribution in [0.25, 0.3) is 0 Å². The van der Waals surface area contributed by atoms with Crippen molar-refractivity contribution in [1.82, 2.24) is 4.90 Å². The highest BCUT2D eigenvalue weighted by molar-refractivity contribution is 8.01. The van der Waals surface area contributed by atoms with E-state index in [0.29, 0.717) is 5.91 Å². The maximum Gasteiger partial charge on any atom is 0.236 e. The molecule has 1 fully saturated rings. The Balaban J connectivity index is 1.56. The van der Waals surface area contributed by atoms with Gasteiger partial charge in [0, 0.05) is 11.4 Å². The zero-order chi connectivity index (χ0) is 17.9. The first-order chi connectivity index (χ1) is 12.8. The summed E-state index contributed by atoms with van der Waals surface area (Å²) in [6, 6.07) is 16.8. The number of amides is 1. The van der Waals surface area contributed by atoms with Gasteiger partial charge in [0.15, 0.2) is 0 Å². The molecule has 0 unspecified atom stereocenters. The number of ether oxygens (including phenoxy) is 1. The molecule has 3 nitrogen and oxygen atoms in total. The smallest absolute Gasteiger partial charge is 0.236 e. The molecular weight excluding hydrogens is 342 g/mol. The first-order valence-electron chi connectivity index (χ1n) is 9.45. The highest BCUT2D eigenvalue weighted by Gasteiger charge is 2.35. The summed E-state index contributed by atoms with van der Waals surface area (Å²) in [5, 5.41) is 0.0197. The lowest BCUT2D eigenvalue weighted by Gasteiger charge is -2.32. The molecule has 2 atom stereocenters. The number of rotatable bonds is 3. The van der Waals surface area contributed by atoms with Crippen molar-refractivity contribution in [2.45, 2.75) is 48.3 Å². The molecule has 0 N–H and O–H groups in total. The van der Waals surface area contributed by atoms with Gasteiger partial charge < -0.3 is 9.64 Å². The van der Waals surface area contributed by atoms with Crippen LogP contribution in [0.5, 0.6) is 5.75 Å². The van der Waals surface area contributed by atoms with E-state index in [1.165, 1.54) is 28.9 Å². The average Bonchev–Trinajstić information content (AvgIpc) is 2.97. The SMILES string of the molecule is COc1ccc([C@H]2CCCCCN2C(=O)[C@H]2Cc3ccccc3S2)cc1. The lowest BCUT2D eigenvalue weighted by molar-refractivity contribution is -0.133. The van der Waals surface area contributed by atoms with Crippen molar-refractivity contribution in [3.8, 4) is 5.75 Å². The number of thioether (sulfide) groups is 1. The van der Waals surface area contributed by atoms with Crippen LogP contribution in [-0.4, -0.2) is 29.7 Å². The van der Waals surface area contributed by atoms with Crippen molar-refractivity contribution in [2.24, 2.45) is 0 Å². The summed E-state index contributed by atoms with van der Waals surface area (Å²) < 4.78 is 5.29. The predicted molar refractivity (Wildman–Crippen MR) is 106 cm³/mol. The normalized spacial score (nSPS) is 22.6. The maximum atomic E-state index is 13.4. The van der Waals surface area contributed by atoms with Crippen LogP contribution in [0.1, 0.15) is 42.9 Å². The van der Waals surface area contributed by atoms with Crippen molar-refractivity contribution >= 4 is 17.7 Å². The van der Waals surface area contributed by atoms with Gasteiger partial charge in [-0.1, -0.05) is 43.2 Å². The van der Waals surface area contributed by atoms with E-state index < -0.39 is 0 Å². The quantitative estimate of drug-likeness (QED) is 0.776. The molecule has 0 aromatic heterocycles. The second kappa shape index (κ2) is 7.75. The molecule has 4 heteroatoms. The number of carbonyl (C=O) groups excluding carboxylic acids is 1. The molecule has 2 aliphatic rings. The summed E-state index contributed by atoms with van der Waals surface area (Å²) in [6.07, 6.45) is 5.38. The molecule has 2 aliphatic heterocycles. The Morgan fingerprint density at radius 1 is 1.08 bits per heavy atom. The van der Waals surface area contributed by atoms with Gasteiger partial charge in [-0.05, 0) is 48.6 Å². The third-order valence-electron chi connectivity index (χ3n) is 5.46. The molecule has 136 valence electrons. The molecule has 0 aliphatic carbocycles. The van der Waals surface area contributed by atoms with Crippen molar-refractivity contribution in [2.75, 3.05) is 13.7 Å². The van der Waals surface area contributed by atoms with E-state index in [1.54, 1.807) is 18.9 Å². The van der Waals surface area contributed by atoms with E-state index in [0.717, 1.165) is 31.6 Å². The average molecular weight is 368 g/mol. The van der Waals surface area contributed by atoms with Gasteiger partial charge >= 0.3 is 0 Å². The molecule has 0 radical (unpaired) electrons. The largest absolute Gasteiger partial charge is 0.497 e. The second-order valence-corrected chi connectivity index (χ2v) is 8.33. The number of methoxy groups -OCH3 is 1. The van der Waals surface area contributed by atoms with Crippen molar-refractivity contribution < 1.29 is 9.53 Å². The Labute approximate surface area is 159 Å². The summed E-state index contributed by atoms with van der Waals surface area (Å²) in [7, 11) is 1.69. The third kappa shape index (κ3) is 3.48. The molecule has 2 aromatic rings. The summed E-state index contributed by atoms with van der Waals surface area (Å²) in [4.78, 5) is 16.8. The van der Waals surface area contributed by atoms with Crippen molar-refractivity contribution in [3.63, 3.8) is 0 Å². The molecule has 0 saturated carbocycles. The van der Waals surface area contributed by atoms with Crippen LogP contribution in [-0.2, 0) is 11.2 Å². The van der Waals surface area contributed by atoms with Crippen LogP contribution < -0.4 is 4.74 Å². The molecule has 0 spiro atoms. The minimum atomic E-state index is 0.0197. The fraction of sp³-hybridized carbons (Fsp3) is 0.409. The minimum absolute atomic E-state index is 0.0197. The van der Waals surface area contributed by atoms with E-state index in [9.17, 15) is 4.79 Å². The van der Waals surface area contributed by atoms with Gasteiger partial charge in [-0.25, -0.2) is 0 Å². The van der Waals surface area contributed by atoms with E-state index in [-0.39, 0.29) is 11.3 Å². The molecule has 1 amide bonds. The number of likely N-dealkylation sites (tertiary alicyclic amines) is 1. The molecule has 2 heterocycles. The van der Waals surface area contributed by atoms with Crippen LogP contribution in [0.3, 0.4) is 0 Å². The van der Waals surface area contributed by atoms with Gasteiger partial charge in [0.1, 0.15) is 5.75 Å². The van der Waals surface area contributed by atoms with E-state index in [1.807, 2.05) is 12.1 Å². The van der Waals surface area contributed by atoms with E-state index in [4.69, 9.17) is 4.74 Å². The molecule has 1 saturated heterocycles. The van der Waals surface area contributed by atoms with Crippen LogP contribution in [0, 0.1) is 0 Å². The second-order valence-electron chi connectivity index (χ2n) is 7.09. The summed E-state index contributed by atoms with van der Waals surface area (Å²) in [5.74, 6) is 1.16. The van der Waals surface area contributed by atoms with Gasteiger partial charge in [0.2, 0.25) is 5.91 Å². The predicted octanol–water partition coefficient (Wildman–Crippen LogP) is 4.86.